The lowest BCUT2D eigenvalue weighted by Crippen LogP contribution is -2.60. The number of hydrogen-bond donors (Lipinski definition) is 1. The second kappa shape index (κ2) is 14.3. The van der Waals surface area contributed by atoms with Gasteiger partial charge in [0.2, 0.25) is 0 Å². The molecule has 36 heavy (non-hydrogen) atoms. The molecule has 0 amide bonds. The van der Waals surface area contributed by atoms with Crippen molar-refractivity contribution in [2.24, 2.45) is 0 Å². The Labute approximate surface area is 219 Å². The Morgan fingerprint density at radius 2 is 1.17 bits per heavy atom. The lowest BCUT2D eigenvalue weighted by atomic mass is 9.99. The number of benzene rings is 3. The van der Waals surface area contributed by atoms with Crippen LogP contribution in [-0.2, 0) is 43.5 Å². The topological polar surface area (TPSA) is 46.2 Å². The fourth-order valence-corrected chi connectivity index (χ4v) is 4.59. The van der Waals surface area contributed by atoms with E-state index < -0.39 is 23.7 Å². The first-order chi connectivity index (χ1) is 17.7. The zero-order valence-corrected chi connectivity index (χ0v) is 21.2. The molecule has 0 unspecified atom stereocenters. The number of hydrogen-bond acceptors (Lipinski definition) is 6. The predicted octanol–water partition coefficient (Wildman–Crippen LogP) is 5.60. The SMILES string of the molecule is C=CCO[C@@H]1[C@@H](OCc2ccccc2)[C@@H](S)O[C@H](COCc2ccccc2)[C@H]1OCc1ccccc1. The van der Waals surface area contributed by atoms with Gasteiger partial charge in [0.1, 0.15) is 29.9 Å². The van der Waals surface area contributed by atoms with Gasteiger partial charge in [0.05, 0.1) is 33.0 Å². The molecule has 6 heteroatoms. The van der Waals surface area contributed by atoms with Gasteiger partial charge < -0.3 is 23.7 Å². The van der Waals surface area contributed by atoms with E-state index in [1.165, 1.54) is 0 Å². The molecule has 0 saturated carbocycles. The van der Waals surface area contributed by atoms with Crippen LogP contribution in [0.1, 0.15) is 16.7 Å². The van der Waals surface area contributed by atoms with Gasteiger partial charge in [-0.2, -0.15) is 0 Å². The van der Waals surface area contributed by atoms with E-state index in [9.17, 15) is 0 Å². The van der Waals surface area contributed by atoms with Crippen molar-refractivity contribution in [2.75, 3.05) is 13.2 Å². The number of ether oxygens (including phenoxy) is 5. The van der Waals surface area contributed by atoms with Gasteiger partial charge in [0.15, 0.2) is 0 Å². The summed E-state index contributed by atoms with van der Waals surface area (Å²) in [5, 5.41) is 0. The standard InChI is InChI=1S/C30H34O5S/c1-2-18-32-28-27(33-20-24-14-8-4-9-15-24)26(22-31-19-23-12-6-3-7-13-23)35-30(36)29(28)34-21-25-16-10-5-11-17-25/h2-17,26-30,36H,1,18-22H2/t26-,27-,28+,29-,30-/m1/s1. The molecule has 3 aromatic carbocycles. The molecule has 1 aliphatic heterocycles. The van der Waals surface area contributed by atoms with Gasteiger partial charge in [-0.05, 0) is 16.7 Å². The summed E-state index contributed by atoms with van der Waals surface area (Å²) in [6.07, 6.45) is 0.0555. The van der Waals surface area contributed by atoms with Gasteiger partial charge in [-0.1, -0.05) is 97.1 Å². The number of thiol groups is 1. The molecule has 1 fully saturated rings. The van der Waals surface area contributed by atoms with E-state index in [-0.39, 0.29) is 6.10 Å². The van der Waals surface area contributed by atoms with Gasteiger partial charge in [-0.25, -0.2) is 0 Å². The van der Waals surface area contributed by atoms with Gasteiger partial charge in [0, 0.05) is 0 Å². The van der Waals surface area contributed by atoms with Crippen LogP contribution in [0.5, 0.6) is 0 Å². The predicted molar refractivity (Wildman–Crippen MR) is 144 cm³/mol. The third kappa shape index (κ3) is 7.77. The maximum atomic E-state index is 6.45. The molecule has 3 aromatic rings. The Kier molecular flexibility index (Phi) is 10.6. The van der Waals surface area contributed by atoms with E-state index in [1.54, 1.807) is 6.08 Å². The second-order valence-corrected chi connectivity index (χ2v) is 9.18. The molecule has 0 N–H and O–H groups in total. The van der Waals surface area contributed by atoms with Crippen molar-refractivity contribution < 1.29 is 23.7 Å². The van der Waals surface area contributed by atoms with Crippen LogP contribution >= 0.6 is 12.6 Å². The quantitative estimate of drug-likeness (QED) is 0.242. The summed E-state index contributed by atoms with van der Waals surface area (Å²) in [4.78, 5) is 0. The maximum Gasteiger partial charge on any atom is 0.129 e. The van der Waals surface area contributed by atoms with Gasteiger partial charge in [-0.15, -0.1) is 19.2 Å². The van der Waals surface area contributed by atoms with Crippen LogP contribution in [0.25, 0.3) is 0 Å². The summed E-state index contributed by atoms with van der Waals surface area (Å²) in [5.74, 6) is 0. The number of rotatable bonds is 13. The Bertz CT molecular complexity index is 1020. The van der Waals surface area contributed by atoms with E-state index in [2.05, 4.69) is 6.58 Å². The van der Waals surface area contributed by atoms with Crippen LogP contribution < -0.4 is 0 Å². The van der Waals surface area contributed by atoms with Crippen molar-refractivity contribution in [1.82, 2.24) is 0 Å². The fraction of sp³-hybridized carbons (Fsp3) is 0.333. The molecule has 0 radical (unpaired) electrons. The zero-order valence-electron chi connectivity index (χ0n) is 20.4. The third-order valence-corrected chi connectivity index (χ3v) is 6.40. The van der Waals surface area contributed by atoms with Crippen LogP contribution in [0.4, 0.5) is 0 Å². The molecule has 0 aliphatic carbocycles. The smallest absolute Gasteiger partial charge is 0.129 e. The lowest BCUT2D eigenvalue weighted by Gasteiger charge is -2.44. The van der Waals surface area contributed by atoms with Crippen molar-refractivity contribution in [2.45, 2.75) is 49.7 Å². The van der Waals surface area contributed by atoms with E-state index >= 15 is 0 Å². The molecular formula is C30H34O5S. The summed E-state index contributed by atoms with van der Waals surface area (Å²) < 4.78 is 31.4. The van der Waals surface area contributed by atoms with Gasteiger partial charge in [0.25, 0.3) is 0 Å². The zero-order chi connectivity index (χ0) is 25.0. The fourth-order valence-electron chi connectivity index (χ4n) is 4.18. The summed E-state index contributed by atoms with van der Waals surface area (Å²) in [6, 6.07) is 30.1. The molecule has 190 valence electrons. The highest BCUT2D eigenvalue weighted by molar-refractivity contribution is 7.80. The van der Waals surface area contributed by atoms with Crippen molar-refractivity contribution in [3.8, 4) is 0 Å². The molecule has 0 bridgehead atoms. The molecular weight excluding hydrogens is 472 g/mol. The minimum atomic E-state index is -0.509. The monoisotopic (exact) mass is 506 g/mol. The minimum Gasteiger partial charge on any atom is -0.374 e. The molecule has 4 rings (SSSR count). The average molecular weight is 507 g/mol. The third-order valence-electron chi connectivity index (χ3n) is 5.98. The summed E-state index contributed by atoms with van der Waals surface area (Å²) in [5.41, 5.74) is 2.72. The van der Waals surface area contributed by atoms with Gasteiger partial charge in [-0.3, -0.25) is 0 Å². The summed E-state index contributed by atoms with van der Waals surface area (Å²) in [7, 11) is 0. The van der Waals surface area contributed by atoms with Crippen LogP contribution in [-0.4, -0.2) is 43.1 Å². The highest BCUT2D eigenvalue weighted by Gasteiger charge is 2.47. The normalized spacial score (nSPS) is 23.9. The maximum absolute atomic E-state index is 6.45. The van der Waals surface area contributed by atoms with Gasteiger partial charge >= 0.3 is 0 Å². The van der Waals surface area contributed by atoms with Crippen molar-refractivity contribution in [1.29, 1.82) is 0 Å². The summed E-state index contributed by atoms with van der Waals surface area (Å²) in [6.45, 7) is 5.84. The van der Waals surface area contributed by atoms with Crippen LogP contribution in [0.3, 0.4) is 0 Å². The molecule has 1 aliphatic rings. The van der Waals surface area contributed by atoms with E-state index in [4.69, 9.17) is 36.3 Å². The first-order valence-electron chi connectivity index (χ1n) is 12.2. The molecule has 5 nitrogen and oxygen atoms in total. The highest BCUT2D eigenvalue weighted by atomic mass is 32.1. The van der Waals surface area contributed by atoms with Crippen LogP contribution in [0, 0.1) is 0 Å². The molecule has 1 saturated heterocycles. The Balaban J connectivity index is 1.49. The van der Waals surface area contributed by atoms with E-state index in [0.717, 1.165) is 16.7 Å². The molecule has 5 atom stereocenters. The first-order valence-corrected chi connectivity index (χ1v) is 12.7. The minimum absolute atomic E-state index is 0.338. The highest BCUT2D eigenvalue weighted by Crippen LogP contribution is 2.31. The van der Waals surface area contributed by atoms with Crippen LogP contribution in [0.2, 0.25) is 0 Å². The molecule has 0 aromatic heterocycles. The Hall–Kier alpha value is -2.45. The molecule has 1 heterocycles. The van der Waals surface area contributed by atoms with Crippen molar-refractivity contribution in [3.63, 3.8) is 0 Å². The van der Waals surface area contributed by atoms with Crippen molar-refractivity contribution in [3.05, 3.63) is 120 Å². The Morgan fingerprint density at radius 3 is 1.69 bits per heavy atom. The van der Waals surface area contributed by atoms with E-state index in [1.807, 2.05) is 91.0 Å². The second-order valence-electron chi connectivity index (χ2n) is 8.67. The van der Waals surface area contributed by atoms with E-state index in [0.29, 0.717) is 33.0 Å². The van der Waals surface area contributed by atoms with Crippen LogP contribution in [0.15, 0.2) is 104 Å². The molecule has 0 spiro atoms. The average Bonchev–Trinajstić information content (AvgIpc) is 2.92. The lowest BCUT2D eigenvalue weighted by molar-refractivity contribution is -0.249. The van der Waals surface area contributed by atoms with Crippen molar-refractivity contribution >= 4 is 12.6 Å². The Morgan fingerprint density at radius 1 is 0.667 bits per heavy atom. The first kappa shape index (κ1) is 26.6. The largest absolute Gasteiger partial charge is 0.374 e. The summed E-state index contributed by atoms with van der Waals surface area (Å²) >= 11 is 4.75.